The number of aliphatic hydroxyl groups excluding tert-OH is 1. The van der Waals surface area contributed by atoms with Crippen LogP contribution in [0.1, 0.15) is 0 Å². The molecule has 0 radical (unpaired) electrons. The van der Waals surface area contributed by atoms with E-state index in [4.69, 9.17) is 16.7 Å². The second kappa shape index (κ2) is 3.32. The molecule has 2 atom stereocenters. The van der Waals surface area contributed by atoms with Gasteiger partial charge in [-0.2, -0.15) is 0 Å². The molecular formula is C10H12ClN3O. The van der Waals surface area contributed by atoms with Gasteiger partial charge in [-0.1, -0.05) is 11.6 Å². The van der Waals surface area contributed by atoms with Crippen molar-refractivity contribution < 1.29 is 5.11 Å². The number of piperidine rings is 1. The number of aromatic nitrogens is 2. The van der Waals surface area contributed by atoms with Crippen molar-refractivity contribution in [1.29, 1.82) is 0 Å². The molecule has 5 heteroatoms. The molecule has 1 N–H and O–H groups in total. The fraction of sp³-hybridized carbons (Fsp3) is 0.600. The number of hydrogen-bond acceptors (Lipinski definition) is 4. The number of hydrogen-bond donors (Lipinski definition) is 1. The van der Waals surface area contributed by atoms with E-state index in [0.29, 0.717) is 29.5 Å². The van der Waals surface area contributed by atoms with Crippen molar-refractivity contribution >= 4 is 17.4 Å². The second-order valence-electron chi connectivity index (χ2n) is 4.28. The number of aliphatic hydroxyl groups is 1. The number of halogens is 1. The summed E-state index contributed by atoms with van der Waals surface area (Å²) in [7, 11) is 0. The van der Waals surface area contributed by atoms with Gasteiger partial charge in [-0.15, -0.1) is 0 Å². The monoisotopic (exact) mass is 225 g/mol. The van der Waals surface area contributed by atoms with Gasteiger partial charge in [0.1, 0.15) is 11.0 Å². The van der Waals surface area contributed by atoms with E-state index >= 15 is 0 Å². The Balaban J connectivity index is 1.69. The highest BCUT2D eigenvalue weighted by atomic mass is 35.5. The Hall–Kier alpha value is -0.870. The first-order chi connectivity index (χ1) is 7.29. The molecule has 15 heavy (non-hydrogen) atoms. The molecule has 2 unspecified atom stereocenters. The zero-order chi connectivity index (χ0) is 10.4. The molecule has 1 aromatic heterocycles. The molecule has 80 valence electrons. The van der Waals surface area contributed by atoms with Crippen LogP contribution in [0.5, 0.6) is 0 Å². The molecule has 2 heterocycles. The van der Waals surface area contributed by atoms with Crippen LogP contribution in [0.4, 0.5) is 5.82 Å². The zero-order valence-electron chi connectivity index (χ0n) is 8.17. The Kier molecular flexibility index (Phi) is 2.07. The van der Waals surface area contributed by atoms with E-state index in [1.54, 1.807) is 12.4 Å². The lowest BCUT2D eigenvalue weighted by Crippen LogP contribution is -2.25. The van der Waals surface area contributed by atoms with Crippen molar-refractivity contribution in [3.63, 3.8) is 0 Å². The molecule has 1 aliphatic heterocycles. The fourth-order valence-electron chi connectivity index (χ4n) is 2.58. The van der Waals surface area contributed by atoms with Gasteiger partial charge < -0.3 is 10.0 Å². The van der Waals surface area contributed by atoms with Crippen LogP contribution >= 0.6 is 11.6 Å². The molecule has 2 aliphatic rings. The standard InChI is InChI=1S/C10H12ClN3O/c11-9-1-13-10(2-12-9)14-3-6-7(4-14)8(6)5-15/h1-2,6-8,15H,3-5H2. The first-order valence-corrected chi connectivity index (χ1v) is 5.50. The molecule has 0 amide bonds. The molecule has 3 rings (SSSR count). The third kappa shape index (κ3) is 1.48. The maximum atomic E-state index is 9.04. The van der Waals surface area contributed by atoms with Crippen LogP contribution in [0.25, 0.3) is 0 Å². The largest absolute Gasteiger partial charge is 0.396 e. The van der Waals surface area contributed by atoms with E-state index in [0.717, 1.165) is 18.9 Å². The summed E-state index contributed by atoms with van der Waals surface area (Å²) in [6.07, 6.45) is 3.28. The quantitative estimate of drug-likeness (QED) is 0.809. The van der Waals surface area contributed by atoms with Crippen molar-refractivity contribution in [3.8, 4) is 0 Å². The summed E-state index contributed by atoms with van der Waals surface area (Å²) < 4.78 is 0. The van der Waals surface area contributed by atoms with Gasteiger partial charge in [-0.3, -0.25) is 0 Å². The fourth-order valence-corrected chi connectivity index (χ4v) is 2.67. The van der Waals surface area contributed by atoms with Crippen molar-refractivity contribution in [3.05, 3.63) is 17.5 Å². The minimum Gasteiger partial charge on any atom is -0.396 e. The van der Waals surface area contributed by atoms with Gasteiger partial charge >= 0.3 is 0 Å². The van der Waals surface area contributed by atoms with Gasteiger partial charge in [0.05, 0.1) is 12.4 Å². The molecule has 4 nitrogen and oxygen atoms in total. The van der Waals surface area contributed by atoms with Crippen LogP contribution in [0.2, 0.25) is 5.15 Å². The second-order valence-corrected chi connectivity index (χ2v) is 4.66. The molecule has 0 bridgehead atoms. The van der Waals surface area contributed by atoms with E-state index in [1.807, 2.05) is 0 Å². The van der Waals surface area contributed by atoms with E-state index in [1.165, 1.54) is 0 Å². The van der Waals surface area contributed by atoms with Crippen LogP contribution in [0, 0.1) is 17.8 Å². The SMILES string of the molecule is OCC1C2CN(c3cnc(Cl)cn3)CC12. The average Bonchev–Trinajstić information content (AvgIpc) is 2.72. The van der Waals surface area contributed by atoms with Crippen LogP contribution < -0.4 is 4.90 Å². The molecule has 1 saturated heterocycles. The minimum atomic E-state index is 0.329. The molecule has 0 spiro atoms. The number of nitrogens with zero attached hydrogens (tertiary/aromatic N) is 3. The molecule has 1 saturated carbocycles. The smallest absolute Gasteiger partial charge is 0.147 e. The molecule has 1 aliphatic carbocycles. The highest BCUT2D eigenvalue weighted by molar-refractivity contribution is 6.29. The highest BCUT2D eigenvalue weighted by Gasteiger charge is 2.55. The first-order valence-electron chi connectivity index (χ1n) is 5.13. The summed E-state index contributed by atoms with van der Waals surface area (Å²) in [5.41, 5.74) is 0. The van der Waals surface area contributed by atoms with Crippen molar-refractivity contribution in [2.75, 3.05) is 24.6 Å². The molecule has 1 aromatic rings. The number of rotatable bonds is 2. The van der Waals surface area contributed by atoms with E-state index in [-0.39, 0.29) is 0 Å². The third-order valence-electron chi connectivity index (χ3n) is 3.51. The van der Waals surface area contributed by atoms with Crippen LogP contribution in [-0.2, 0) is 0 Å². The Morgan fingerprint density at radius 3 is 2.60 bits per heavy atom. The van der Waals surface area contributed by atoms with E-state index < -0.39 is 0 Å². The predicted molar refractivity (Wildman–Crippen MR) is 56.8 cm³/mol. The van der Waals surface area contributed by atoms with Crippen molar-refractivity contribution in [2.45, 2.75) is 0 Å². The molecular weight excluding hydrogens is 214 g/mol. The van der Waals surface area contributed by atoms with Gasteiger partial charge in [0.25, 0.3) is 0 Å². The third-order valence-corrected chi connectivity index (χ3v) is 3.71. The lowest BCUT2D eigenvalue weighted by Gasteiger charge is -2.19. The normalized spacial score (nSPS) is 32.9. The van der Waals surface area contributed by atoms with Gasteiger partial charge in [0, 0.05) is 19.7 Å². The lowest BCUT2D eigenvalue weighted by molar-refractivity contribution is 0.260. The maximum absolute atomic E-state index is 9.04. The Morgan fingerprint density at radius 1 is 1.33 bits per heavy atom. The average molecular weight is 226 g/mol. The minimum absolute atomic E-state index is 0.329. The van der Waals surface area contributed by atoms with Crippen LogP contribution in [0.3, 0.4) is 0 Å². The first kappa shape index (κ1) is 9.36. The van der Waals surface area contributed by atoms with Crippen molar-refractivity contribution in [2.24, 2.45) is 17.8 Å². The summed E-state index contributed by atoms with van der Waals surface area (Å²) in [5, 5.41) is 9.47. The van der Waals surface area contributed by atoms with E-state index in [9.17, 15) is 0 Å². The number of anilines is 1. The topological polar surface area (TPSA) is 49.2 Å². The summed E-state index contributed by atoms with van der Waals surface area (Å²) in [5.74, 6) is 2.74. The summed E-state index contributed by atoms with van der Waals surface area (Å²) >= 11 is 5.68. The Labute approximate surface area is 92.9 Å². The van der Waals surface area contributed by atoms with E-state index in [2.05, 4.69) is 14.9 Å². The lowest BCUT2D eigenvalue weighted by atomic mass is 10.3. The van der Waals surface area contributed by atoms with Gasteiger partial charge in [-0.05, 0) is 17.8 Å². The molecule has 0 aromatic carbocycles. The van der Waals surface area contributed by atoms with Crippen LogP contribution in [-0.4, -0.2) is 34.8 Å². The van der Waals surface area contributed by atoms with Crippen LogP contribution in [0.15, 0.2) is 12.4 Å². The van der Waals surface area contributed by atoms with Gasteiger partial charge in [0.2, 0.25) is 0 Å². The molecule has 2 fully saturated rings. The van der Waals surface area contributed by atoms with Gasteiger partial charge in [0.15, 0.2) is 0 Å². The summed E-state index contributed by atoms with van der Waals surface area (Å²) in [6.45, 7) is 2.31. The number of fused-ring (bicyclic) bond motifs is 1. The predicted octanol–water partition coefficient (Wildman–Crippen LogP) is 0.804. The maximum Gasteiger partial charge on any atom is 0.147 e. The van der Waals surface area contributed by atoms with Crippen molar-refractivity contribution in [1.82, 2.24) is 9.97 Å². The van der Waals surface area contributed by atoms with Gasteiger partial charge in [-0.25, -0.2) is 9.97 Å². The zero-order valence-corrected chi connectivity index (χ0v) is 8.93. The summed E-state index contributed by atoms with van der Waals surface area (Å²) in [6, 6.07) is 0. The summed E-state index contributed by atoms with van der Waals surface area (Å²) in [4.78, 5) is 10.5. The Morgan fingerprint density at radius 2 is 2.07 bits per heavy atom. The highest BCUT2D eigenvalue weighted by Crippen LogP contribution is 2.51. The Bertz CT molecular complexity index is 357.